The van der Waals surface area contributed by atoms with Crippen LogP contribution in [0, 0.1) is 5.92 Å². The number of aromatic hydroxyl groups is 1. The minimum absolute atomic E-state index is 0.0923. The maximum Gasteiger partial charge on any atom is 0.342 e. The monoisotopic (exact) mass is 451 g/mol. The van der Waals surface area contributed by atoms with E-state index in [0.717, 1.165) is 16.7 Å². The number of ether oxygens (including phenoxy) is 1. The van der Waals surface area contributed by atoms with Gasteiger partial charge in [-0.25, -0.2) is 9.69 Å². The summed E-state index contributed by atoms with van der Waals surface area (Å²) in [4.78, 5) is 52.3. The van der Waals surface area contributed by atoms with Gasteiger partial charge < -0.3 is 20.9 Å². The highest BCUT2D eigenvalue weighted by Crippen LogP contribution is 2.54. The largest absolute Gasteiger partial charge is 0.508 e. The van der Waals surface area contributed by atoms with Gasteiger partial charge in [0.05, 0.1) is 22.2 Å². The van der Waals surface area contributed by atoms with Crippen molar-refractivity contribution in [2.75, 3.05) is 11.9 Å². The van der Waals surface area contributed by atoms with Crippen LogP contribution in [0.3, 0.4) is 0 Å². The van der Waals surface area contributed by atoms with Crippen LogP contribution in [0.1, 0.15) is 21.8 Å². The molecule has 0 aromatic heterocycles. The lowest BCUT2D eigenvalue weighted by Gasteiger charge is -2.36. The van der Waals surface area contributed by atoms with E-state index in [0.29, 0.717) is 16.8 Å². The molecule has 3 aliphatic rings. The molecule has 3 amide bonds. The van der Waals surface area contributed by atoms with Crippen molar-refractivity contribution < 1.29 is 29.0 Å². The van der Waals surface area contributed by atoms with Gasteiger partial charge in [-0.3, -0.25) is 14.4 Å². The molecule has 10 heteroatoms. The van der Waals surface area contributed by atoms with Crippen LogP contribution in [0.15, 0.2) is 53.1 Å². The first-order valence-corrected chi connectivity index (χ1v) is 10.6. The van der Waals surface area contributed by atoms with E-state index in [1.807, 2.05) is 0 Å². The van der Waals surface area contributed by atoms with Crippen LogP contribution in [-0.4, -0.2) is 41.1 Å². The molecule has 2 aromatic rings. The molecule has 0 aliphatic carbocycles. The summed E-state index contributed by atoms with van der Waals surface area (Å²) in [5.74, 6) is -3.51. The Hall–Kier alpha value is -3.79. The van der Waals surface area contributed by atoms with Gasteiger partial charge in [-0.05, 0) is 30.3 Å². The van der Waals surface area contributed by atoms with Gasteiger partial charge in [0.2, 0.25) is 11.8 Å². The van der Waals surface area contributed by atoms with Crippen LogP contribution < -0.4 is 20.7 Å². The number of phenols is 1. The second-order valence-electron chi connectivity index (χ2n) is 7.57. The highest BCUT2D eigenvalue weighted by Gasteiger charge is 2.58. The molecule has 9 nitrogen and oxygen atoms in total. The van der Waals surface area contributed by atoms with E-state index < -0.39 is 34.9 Å². The van der Waals surface area contributed by atoms with Crippen molar-refractivity contribution in [3.63, 3.8) is 0 Å². The Morgan fingerprint density at radius 2 is 1.84 bits per heavy atom. The number of fused-ring (bicyclic) bond motifs is 5. The topological polar surface area (TPSA) is 139 Å². The van der Waals surface area contributed by atoms with E-state index in [1.54, 1.807) is 6.07 Å². The summed E-state index contributed by atoms with van der Waals surface area (Å²) in [6.45, 7) is 0. The van der Waals surface area contributed by atoms with Crippen LogP contribution in [0.5, 0.6) is 11.5 Å². The zero-order valence-electron chi connectivity index (χ0n) is 16.7. The summed E-state index contributed by atoms with van der Waals surface area (Å²) >= 11 is 0.977. The number of anilines is 1. The lowest BCUT2D eigenvalue weighted by Crippen LogP contribution is -2.39. The summed E-state index contributed by atoms with van der Waals surface area (Å²) in [6, 6.07) is 10.4. The van der Waals surface area contributed by atoms with Crippen molar-refractivity contribution in [1.29, 1.82) is 0 Å². The maximum atomic E-state index is 13.5. The van der Waals surface area contributed by atoms with Crippen molar-refractivity contribution in [3.05, 3.63) is 64.2 Å². The first kappa shape index (κ1) is 20.1. The highest BCUT2D eigenvalue weighted by atomic mass is 32.2. The number of esters is 1. The van der Waals surface area contributed by atoms with E-state index in [9.17, 15) is 24.3 Å². The van der Waals surface area contributed by atoms with Gasteiger partial charge in [-0.15, -0.1) is 0 Å². The minimum Gasteiger partial charge on any atom is -0.508 e. The van der Waals surface area contributed by atoms with Crippen molar-refractivity contribution in [1.82, 2.24) is 5.32 Å². The van der Waals surface area contributed by atoms with Gasteiger partial charge in [0.15, 0.2) is 0 Å². The molecule has 0 bridgehead atoms. The second-order valence-corrected chi connectivity index (χ2v) is 8.75. The fraction of sp³-hybridized carbons (Fsp3) is 0.182. The summed E-state index contributed by atoms with van der Waals surface area (Å²) in [5, 5.41) is 11.6. The molecular weight excluding hydrogens is 434 g/mol. The van der Waals surface area contributed by atoms with Gasteiger partial charge >= 0.3 is 5.97 Å². The molecule has 0 spiro atoms. The summed E-state index contributed by atoms with van der Waals surface area (Å²) < 4.78 is 5.32. The number of carbonyl (C=O) groups is 4. The fourth-order valence-electron chi connectivity index (χ4n) is 4.40. The third kappa shape index (κ3) is 2.79. The number of hydrogen-bond donors (Lipinski definition) is 3. The molecule has 0 unspecified atom stereocenters. The molecule has 3 aliphatic heterocycles. The standard InChI is InChI=1S/C22H17N3O6S/c1-24-19(27)9-2-4-10(5-3-9)25-20(28)15-14-12-7-6-11(26)8-13(12)31-22(30)16(14)18(23)32-17(15)21(25)29/h2-8,14-15,17,26H,23H2,1H3,(H,24,27)/t14-,15-,17+/m0/s1. The smallest absolute Gasteiger partial charge is 0.342 e. The van der Waals surface area contributed by atoms with E-state index in [1.165, 1.54) is 43.4 Å². The normalized spacial score (nSPS) is 24.0. The Morgan fingerprint density at radius 3 is 2.53 bits per heavy atom. The van der Waals surface area contributed by atoms with E-state index in [4.69, 9.17) is 10.5 Å². The van der Waals surface area contributed by atoms with Gasteiger partial charge in [-0.2, -0.15) is 0 Å². The number of nitrogens with one attached hydrogen (secondary N) is 1. The van der Waals surface area contributed by atoms with Crippen molar-refractivity contribution in [2.24, 2.45) is 11.7 Å². The van der Waals surface area contributed by atoms with Gasteiger partial charge in [0.25, 0.3) is 5.91 Å². The number of rotatable bonds is 2. The molecular formula is C22H17N3O6S. The number of nitrogens with zero attached hydrogens (tertiary/aromatic N) is 1. The Labute approximate surface area is 186 Å². The van der Waals surface area contributed by atoms with Crippen LogP contribution in [0.2, 0.25) is 0 Å². The molecule has 3 heterocycles. The molecule has 0 radical (unpaired) electrons. The molecule has 3 atom stereocenters. The minimum atomic E-state index is -0.871. The second kappa shape index (κ2) is 7.13. The molecule has 162 valence electrons. The lowest BCUT2D eigenvalue weighted by atomic mass is 9.77. The van der Waals surface area contributed by atoms with E-state index in [-0.39, 0.29) is 28.0 Å². The number of carbonyl (C=O) groups excluding carboxylic acids is 4. The number of nitrogens with two attached hydrogens (primary N) is 1. The number of imide groups is 1. The number of thioether (sulfide) groups is 1. The summed E-state index contributed by atoms with van der Waals surface area (Å²) in [5.41, 5.74) is 7.52. The maximum absolute atomic E-state index is 13.5. The quantitative estimate of drug-likeness (QED) is 0.352. The Balaban J connectivity index is 1.58. The van der Waals surface area contributed by atoms with Crippen molar-refractivity contribution in [2.45, 2.75) is 11.2 Å². The highest BCUT2D eigenvalue weighted by molar-refractivity contribution is 8.04. The number of phenolic OH excluding ortho intramolecular Hbond substituents is 1. The Bertz CT molecular complexity index is 1240. The van der Waals surface area contributed by atoms with Crippen LogP contribution >= 0.6 is 11.8 Å². The predicted octanol–water partition coefficient (Wildman–Crippen LogP) is 1.23. The fourth-order valence-corrected chi connectivity index (χ4v) is 5.64. The third-order valence-electron chi connectivity index (χ3n) is 5.85. The van der Waals surface area contributed by atoms with Gasteiger partial charge in [0.1, 0.15) is 16.7 Å². The molecule has 2 aromatic carbocycles. The van der Waals surface area contributed by atoms with Crippen LogP contribution in [0.25, 0.3) is 0 Å². The molecule has 1 saturated heterocycles. The van der Waals surface area contributed by atoms with Crippen molar-refractivity contribution in [3.8, 4) is 11.5 Å². The van der Waals surface area contributed by atoms with E-state index in [2.05, 4.69) is 5.32 Å². The first-order chi connectivity index (χ1) is 15.3. The van der Waals surface area contributed by atoms with E-state index >= 15 is 0 Å². The average Bonchev–Trinajstić information content (AvgIpc) is 3.02. The molecule has 1 fully saturated rings. The van der Waals surface area contributed by atoms with Gasteiger partial charge in [-0.1, -0.05) is 17.8 Å². The Morgan fingerprint density at radius 1 is 1.12 bits per heavy atom. The number of amides is 3. The number of benzene rings is 2. The molecule has 32 heavy (non-hydrogen) atoms. The van der Waals surface area contributed by atoms with Crippen LogP contribution in [0.4, 0.5) is 5.69 Å². The predicted molar refractivity (Wildman–Crippen MR) is 115 cm³/mol. The summed E-state index contributed by atoms with van der Waals surface area (Å²) in [7, 11) is 1.51. The van der Waals surface area contributed by atoms with Crippen molar-refractivity contribution >= 4 is 41.1 Å². The van der Waals surface area contributed by atoms with Crippen LogP contribution in [-0.2, 0) is 14.4 Å². The Kier molecular flexibility index (Phi) is 4.48. The third-order valence-corrected chi connectivity index (χ3v) is 7.08. The van der Waals surface area contributed by atoms with Gasteiger partial charge in [0, 0.05) is 30.2 Å². The molecule has 4 N–H and O–H groups in total. The molecule has 5 rings (SSSR count). The summed E-state index contributed by atoms with van der Waals surface area (Å²) in [6.07, 6.45) is 0. The SMILES string of the molecule is CNC(=O)c1ccc(N2C(=O)[C@@H]3[C@@H](SC(N)=C4C(=O)Oc5cc(O)ccc5[C@H]43)C2=O)cc1. The first-order valence-electron chi connectivity index (χ1n) is 9.73. The average molecular weight is 451 g/mol. The zero-order chi connectivity index (χ0) is 22.7. The zero-order valence-corrected chi connectivity index (χ0v) is 17.5. The number of hydrogen-bond acceptors (Lipinski definition) is 8. The molecule has 0 saturated carbocycles. The lowest BCUT2D eigenvalue weighted by molar-refractivity contribution is -0.131.